The molecule has 1 aliphatic carbocycles. The summed E-state index contributed by atoms with van der Waals surface area (Å²) >= 11 is 0. The third-order valence-corrected chi connectivity index (χ3v) is 10.8. The molecule has 1 aliphatic rings. The average molecular weight is 631 g/mol. The van der Waals surface area contributed by atoms with Crippen LogP contribution in [0.25, 0.3) is 77.2 Å². The van der Waals surface area contributed by atoms with E-state index < -0.39 is 0 Å². The van der Waals surface area contributed by atoms with Crippen LogP contribution in [0.4, 0.5) is 0 Å². The molecule has 0 bridgehead atoms. The van der Waals surface area contributed by atoms with Gasteiger partial charge in [-0.05, 0) is 168 Å². The number of aromatic nitrogens is 2. The summed E-state index contributed by atoms with van der Waals surface area (Å²) in [6.45, 7) is 7.14. The van der Waals surface area contributed by atoms with Crippen LogP contribution in [0.1, 0.15) is 37.3 Å². The molecule has 1 N–H and O–H groups in total. The van der Waals surface area contributed by atoms with Gasteiger partial charge in [0, 0.05) is 24.8 Å². The molecular formula is C47H38N2. The molecule has 236 valence electrons. The highest BCUT2D eigenvalue weighted by Gasteiger charge is 2.47. The molecule has 9 rings (SSSR count). The number of hydrogen-bond acceptors (Lipinski definition) is 1. The first-order chi connectivity index (χ1) is 23.9. The predicted molar refractivity (Wildman–Crippen MR) is 207 cm³/mol. The van der Waals surface area contributed by atoms with Gasteiger partial charge in [0.15, 0.2) is 0 Å². The van der Waals surface area contributed by atoms with Gasteiger partial charge >= 0.3 is 0 Å². The number of H-pyrrole nitrogens is 1. The minimum atomic E-state index is 0.381. The molecule has 0 spiro atoms. The molecule has 2 heterocycles. The van der Waals surface area contributed by atoms with E-state index in [1.54, 1.807) is 5.56 Å². The fourth-order valence-corrected chi connectivity index (χ4v) is 7.91. The fraction of sp³-hybridized carbons (Fsp3) is 0.128. The number of benzene rings is 6. The van der Waals surface area contributed by atoms with Crippen molar-refractivity contribution in [2.24, 2.45) is 5.41 Å². The van der Waals surface area contributed by atoms with E-state index in [-0.39, 0.29) is 0 Å². The van der Waals surface area contributed by atoms with E-state index in [0.29, 0.717) is 11.3 Å². The Bertz CT molecular complexity index is 2500. The van der Waals surface area contributed by atoms with Crippen LogP contribution in [0.15, 0.2) is 152 Å². The van der Waals surface area contributed by atoms with E-state index in [9.17, 15) is 0 Å². The van der Waals surface area contributed by atoms with Crippen LogP contribution in [0.2, 0.25) is 0 Å². The Labute approximate surface area is 288 Å². The number of aryl methyl sites for hydroxylation is 1. The van der Waals surface area contributed by atoms with Gasteiger partial charge in [-0.2, -0.15) is 0 Å². The normalized spacial score (nSPS) is 15.1. The second-order valence-corrected chi connectivity index (χ2v) is 14.4. The minimum absolute atomic E-state index is 0.381. The number of hydrogen-bond donors (Lipinski definition) is 1. The molecule has 49 heavy (non-hydrogen) atoms. The summed E-state index contributed by atoms with van der Waals surface area (Å²) in [5.41, 5.74) is 15.3. The second-order valence-electron chi connectivity index (χ2n) is 14.4. The number of pyridine rings is 1. The van der Waals surface area contributed by atoms with Crippen LogP contribution in [0, 0.1) is 12.3 Å². The van der Waals surface area contributed by atoms with Gasteiger partial charge in [0.1, 0.15) is 0 Å². The summed E-state index contributed by atoms with van der Waals surface area (Å²) in [6.07, 6.45) is 9.02. The van der Waals surface area contributed by atoms with Gasteiger partial charge in [-0.3, -0.25) is 4.98 Å². The summed E-state index contributed by atoms with van der Waals surface area (Å²) < 4.78 is 0. The summed E-state index contributed by atoms with van der Waals surface area (Å²) in [5.74, 6) is 0.632. The number of fused-ring (bicyclic) bond motifs is 3. The summed E-state index contributed by atoms with van der Waals surface area (Å²) in [5, 5.41) is 5.49. The number of aromatic amines is 1. The van der Waals surface area contributed by atoms with Crippen LogP contribution in [0.5, 0.6) is 0 Å². The van der Waals surface area contributed by atoms with E-state index in [1.165, 1.54) is 83.6 Å². The van der Waals surface area contributed by atoms with Gasteiger partial charge in [-0.25, -0.2) is 0 Å². The van der Waals surface area contributed by atoms with Crippen molar-refractivity contribution < 1.29 is 0 Å². The quantitative estimate of drug-likeness (QED) is 0.182. The fourth-order valence-electron chi connectivity index (χ4n) is 7.91. The second kappa shape index (κ2) is 11.5. The Morgan fingerprint density at radius 2 is 1.06 bits per heavy atom. The topological polar surface area (TPSA) is 28.7 Å². The Morgan fingerprint density at radius 3 is 1.67 bits per heavy atom. The highest BCUT2D eigenvalue weighted by Crippen LogP contribution is 2.61. The summed E-state index contributed by atoms with van der Waals surface area (Å²) in [4.78, 5) is 7.46. The first-order valence-corrected chi connectivity index (χ1v) is 17.3. The van der Waals surface area contributed by atoms with E-state index in [4.69, 9.17) is 0 Å². The zero-order valence-corrected chi connectivity index (χ0v) is 28.2. The van der Waals surface area contributed by atoms with Crippen LogP contribution in [-0.4, -0.2) is 9.97 Å². The number of nitrogens with zero attached hydrogens (tertiary/aromatic N) is 1. The molecule has 1 atom stereocenters. The maximum absolute atomic E-state index is 4.24. The Kier molecular flexibility index (Phi) is 6.88. The lowest BCUT2D eigenvalue weighted by atomic mass is 9.87. The molecule has 1 fully saturated rings. The molecule has 1 unspecified atom stereocenters. The standard InChI is InChI=1S/C47H38N2/c1-30-41-15-14-36(27-44(41)42-12-4-5-13-43(42)46(30)45-28-47(45,2)3)34-10-6-8-32(22-34)33-9-7-11-35(23-33)39-24-38(31-16-19-48-20-17-31)25-40(26-39)37-18-21-49-29-37/h4-27,29,45,49H,28H2,1-3H3. The summed E-state index contributed by atoms with van der Waals surface area (Å²) in [6, 6.07) is 47.2. The Balaban J connectivity index is 1.12. The third-order valence-electron chi connectivity index (χ3n) is 10.8. The highest BCUT2D eigenvalue weighted by molar-refractivity contribution is 6.12. The zero-order valence-electron chi connectivity index (χ0n) is 28.2. The lowest BCUT2D eigenvalue weighted by Crippen LogP contribution is -1.97. The minimum Gasteiger partial charge on any atom is -0.367 e. The van der Waals surface area contributed by atoms with Crippen molar-refractivity contribution in [2.45, 2.75) is 33.1 Å². The molecule has 8 aromatic rings. The first-order valence-electron chi connectivity index (χ1n) is 17.3. The van der Waals surface area contributed by atoms with Crippen molar-refractivity contribution in [3.63, 3.8) is 0 Å². The molecule has 0 amide bonds. The number of rotatable bonds is 6. The van der Waals surface area contributed by atoms with Gasteiger partial charge < -0.3 is 4.98 Å². The molecule has 2 nitrogen and oxygen atoms in total. The third kappa shape index (κ3) is 5.25. The maximum Gasteiger partial charge on any atom is 0.0273 e. The van der Waals surface area contributed by atoms with Gasteiger partial charge in [-0.15, -0.1) is 0 Å². The maximum atomic E-state index is 4.24. The van der Waals surface area contributed by atoms with Crippen LogP contribution >= 0.6 is 0 Å². The highest BCUT2D eigenvalue weighted by atomic mass is 14.6. The van der Waals surface area contributed by atoms with Gasteiger partial charge in [0.05, 0.1) is 0 Å². The molecule has 1 saturated carbocycles. The van der Waals surface area contributed by atoms with Crippen molar-refractivity contribution >= 4 is 21.5 Å². The molecule has 2 heteroatoms. The Morgan fingerprint density at radius 1 is 0.510 bits per heavy atom. The lowest BCUT2D eigenvalue weighted by molar-refractivity contribution is 0.622. The Hall–Kier alpha value is -5.73. The molecule has 0 aliphatic heterocycles. The smallest absolute Gasteiger partial charge is 0.0273 e. The molecule has 2 aromatic heterocycles. The largest absolute Gasteiger partial charge is 0.367 e. The van der Waals surface area contributed by atoms with E-state index in [2.05, 4.69) is 164 Å². The van der Waals surface area contributed by atoms with Crippen molar-refractivity contribution in [1.29, 1.82) is 0 Å². The van der Waals surface area contributed by atoms with Crippen LogP contribution in [0.3, 0.4) is 0 Å². The monoisotopic (exact) mass is 630 g/mol. The SMILES string of the molecule is Cc1c(C2CC2(C)C)c2ccccc2c2cc(-c3cccc(-c4cccc(-c5cc(-c6ccncc6)cc(-c6cc[nH]c6)c5)c4)c3)ccc12. The van der Waals surface area contributed by atoms with Gasteiger partial charge in [0.2, 0.25) is 0 Å². The van der Waals surface area contributed by atoms with E-state index in [1.807, 2.05) is 18.6 Å². The van der Waals surface area contributed by atoms with Crippen molar-refractivity contribution in [2.75, 3.05) is 0 Å². The van der Waals surface area contributed by atoms with Crippen molar-refractivity contribution in [3.05, 3.63) is 163 Å². The van der Waals surface area contributed by atoms with Crippen LogP contribution < -0.4 is 0 Å². The molecule has 6 aromatic carbocycles. The average Bonchev–Trinajstić information content (AvgIpc) is 3.48. The van der Waals surface area contributed by atoms with Crippen molar-refractivity contribution in [1.82, 2.24) is 9.97 Å². The molecule has 0 radical (unpaired) electrons. The van der Waals surface area contributed by atoms with Gasteiger partial charge in [-0.1, -0.05) is 86.6 Å². The van der Waals surface area contributed by atoms with E-state index >= 15 is 0 Å². The number of nitrogens with one attached hydrogen (secondary N) is 1. The first kappa shape index (κ1) is 29.4. The van der Waals surface area contributed by atoms with Gasteiger partial charge in [0.25, 0.3) is 0 Å². The summed E-state index contributed by atoms with van der Waals surface area (Å²) in [7, 11) is 0. The lowest BCUT2D eigenvalue weighted by Gasteiger charge is -2.17. The molecule has 0 saturated heterocycles. The predicted octanol–water partition coefficient (Wildman–Crippen LogP) is 12.9. The molecular weight excluding hydrogens is 593 g/mol. The zero-order chi connectivity index (χ0) is 33.1. The van der Waals surface area contributed by atoms with Crippen molar-refractivity contribution in [3.8, 4) is 55.6 Å². The van der Waals surface area contributed by atoms with Crippen LogP contribution in [-0.2, 0) is 0 Å². The van der Waals surface area contributed by atoms with E-state index in [0.717, 1.165) is 5.56 Å².